The predicted molar refractivity (Wildman–Crippen MR) is 85.3 cm³/mol. The van der Waals surface area contributed by atoms with Gasteiger partial charge in [-0.05, 0) is 43.7 Å². The second-order valence-electron chi connectivity index (χ2n) is 5.38. The van der Waals surface area contributed by atoms with Gasteiger partial charge in [-0.3, -0.25) is 9.36 Å². The average Bonchev–Trinajstić information content (AvgIpc) is 2.76. The molecule has 0 aliphatic rings. The molecule has 2 aromatic carbocycles. The summed E-state index contributed by atoms with van der Waals surface area (Å²) in [5.41, 5.74) is 4.42. The van der Waals surface area contributed by atoms with E-state index in [1.165, 1.54) is 4.57 Å². The van der Waals surface area contributed by atoms with Crippen LogP contribution in [0.5, 0.6) is 0 Å². The first kappa shape index (κ1) is 14.1. The summed E-state index contributed by atoms with van der Waals surface area (Å²) < 4.78 is 6.51. The smallest absolute Gasteiger partial charge is 0.408 e. The zero-order valence-corrected chi connectivity index (χ0v) is 12.6. The van der Waals surface area contributed by atoms with Crippen molar-refractivity contribution >= 4 is 22.7 Å². The molecule has 1 amide bonds. The lowest BCUT2D eigenvalue weighted by atomic mass is 10.1. The van der Waals surface area contributed by atoms with Crippen LogP contribution in [-0.2, 0) is 7.05 Å². The molecule has 0 saturated heterocycles. The van der Waals surface area contributed by atoms with Gasteiger partial charge in [0.05, 0.1) is 5.52 Å². The van der Waals surface area contributed by atoms with E-state index in [1.54, 1.807) is 25.2 Å². The summed E-state index contributed by atoms with van der Waals surface area (Å²) in [5.74, 6) is -0.678. The average molecular weight is 296 g/mol. The molecule has 0 aliphatic heterocycles. The number of benzene rings is 2. The van der Waals surface area contributed by atoms with Crippen LogP contribution >= 0.6 is 0 Å². The molecule has 0 radical (unpaired) electrons. The lowest BCUT2D eigenvalue weighted by Crippen LogP contribution is -2.12. The van der Waals surface area contributed by atoms with Gasteiger partial charge in [-0.25, -0.2) is 4.79 Å². The number of amides is 1. The zero-order valence-electron chi connectivity index (χ0n) is 12.6. The van der Waals surface area contributed by atoms with Crippen LogP contribution in [0.3, 0.4) is 0 Å². The second kappa shape index (κ2) is 5.18. The van der Waals surface area contributed by atoms with Crippen molar-refractivity contribution in [3.63, 3.8) is 0 Å². The van der Waals surface area contributed by atoms with E-state index in [4.69, 9.17) is 4.42 Å². The molecule has 0 bridgehead atoms. The third-order valence-electron chi connectivity index (χ3n) is 3.68. The van der Waals surface area contributed by atoms with E-state index >= 15 is 0 Å². The van der Waals surface area contributed by atoms with Crippen LogP contribution < -0.4 is 11.1 Å². The number of hydrogen-bond acceptors (Lipinski definition) is 3. The summed E-state index contributed by atoms with van der Waals surface area (Å²) in [6, 6.07) is 10.8. The van der Waals surface area contributed by atoms with Crippen LogP contribution in [0, 0.1) is 13.8 Å². The quantitative estimate of drug-likeness (QED) is 0.790. The molecule has 0 spiro atoms. The third-order valence-corrected chi connectivity index (χ3v) is 3.68. The molecule has 22 heavy (non-hydrogen) atoms. The second-order valence-corrected chi connectivity index (χ2v) is 5.38. The standard InChI is InChI=1S/C17H16N2O3/c1-10-4-6-13(11(2)8-10)18-16(20)12-5-7-14-15(9-12)22-17(21)19(14)3/h4-9H,1-3H3,(H,18,20). The number of aryl methyl sites for hydroxylation is 3. The van der Waals surface area contributed by atoms with Crippen molar-refractivity contribution in [3.05, 3.63) is 63.6 Å². The first-order valence-electron chi connectivity index (χ1n) is 6.94. The van der Waals surface area contributed by atoms with Crippen molar-refractivity contribution in [1.82, 2.24) is 4.57 Å². The van der Waals surface area contributed by atoms with Gasteiger partial charge in [-0.15, -0.1) is 0 Å². The minimum Gasteiger partial charge on any atom is -0.408 e. The maximum absolute atomic E-state index is 12.3. The molecule has 1 heterocycles. The number of nitrogens with zero attached hydrogens (tertiary/aromatic N) is 1. The first-order valence-corrected chi connectivity index (χ1v) is 6.94. The molecular formula is C17H16N2O3. The number of hydrogen-bond donors (Lipinski definition) is 1. The van der Waals surface area contributed by atoms with E-state index < -0.39 is 5.76 Å². The molecule has 0 atom stereocenters. The lowest BCUT2D eigenvalue weighted by molar-refractivity contribution is 0.102. The molecule has 112 valence electrons. The van der Waals surface area contributed by atoms with Crippen LogP contribution in [0.1, 0.15) is 21.5 Å². The number of fused-ring (bicyclic) bond motifs is 1. The van der Waals surface area contributed by atoms with E-state index in [9.17, 15) is 9.59 Å². The Labute approximate surface area is 127 Å². The molecule has 3 aromatic rings. The number of oxazole rings is 1. The van der Waals surface area contributed by atoms with Crippen molar-refractivity contribution < 1.29 is 9.21 Å². The summed E-state index contributed by atoms with van der Waals surface area (Å²) >= 11 is 0. The van der Waals surface area contributed by atoms with E-state index in [-0.39, 0.29) is 5.91 Å². The van der Waals surface area contributed by atoms with Gasteiger partial charge in [0.2, 0.25) is 0 Å². The summed E-state index contributed by atoms with van der Waals surface area (Å²) in [4.78, 5) is 23.8. The Morgan fingerprint density at radius 2 is 1.91 bits per heavy atom. The molecule has 3 rings (SSSR count). The number of carbonyl (C=O) groups is 1. The molecule has 0 unspecified atom stereocenters. The van der Waals surface area contributed by atoms with Gasteiger partial charge in [0.15, 0.2) is 5.58 Å². The van der Waals surface area contributed by atoms with Gasteiger partial charge in [0, 0.05) is 18.3 Å². The lowest BCUT2D eigenvalue weighted by Gasteiger charge is -2.09. The van der Waals surface area contributed by atoms with E-state index in [2.05, 4.69) is 5.32 Å². The highest BCUT2D eigenvalue weighted by Gasteiger charge is 2.12. The highest BCUT2D eigenvalue weighted by Crippen LogP contribution is 2.19. The highest BCUT2D eigenvalue weighted by atomic mass is 16.4. The SMILES string of the molecule is Cc1ccc(NC(=O)c2ccc3c(c2)oc(=O)n3C)c(C)c1. The molecule has 5 heteroatoms. The maximum atomic E-state index is 12.3. The maximum Gasteiger partial charge on any atom is 0.419 e. The molecule has 0 fully saturated rings. The zero-order chi connectivity index (χ0) is 15.9. The first-order chi connectivity index (χ1) is 10.5. The van der Waals surface area contributed by atoms with Crippen LogP contribution in [0.25, 0.3) is 11.1 Å². The van der Waals surface area contributed by atoms with Crippen molar-refractivity contribution in [2.45, 2.75) is 13.8 Å². The third kappa shape index (κ3) is 2.41. The van der Waals surface area contributed by atoms with E-state index in [0.29, 0.717) is 16.7 Å². The molecule has 1 aromatic heterocycles. The van der Waals surface area contributed by atoms with Crippen LogP contribution in [0.2, 0.25) is 0 Å². The largest absolute Gasteiger partial charge is 0.419 e. The van der Waals surface area contributed by atoms with Gasteiger partial charge < -0.3 is 9.73 Å². The highest BCUT2D eigenvalue weighted by molar-refractivity contribution is 6.06. The number of nitrogens with one attached hydrogen (secondary N) is 1. The molecule has 0 aliphatic carbocycles. The minimum atomic E-state index is -0.443. The summed E-state index contributed by atoms with van der Waals surface area (Å²) in [5, 5.41) is 2.87. The van der Waals surface area contributed by atoms with Gasteiger partial charge in [0.25, 0.3) is 5.91 Å². The van der Waals surface area contributed by atoms with E-state index in [1.807, 2.05) is 32.0 Å². The Morgan fingerprint density at radius 1 is 1.14 bits per heavy atom. The van der Waals surface area contributed by atoms with Gasteiger partial charge in [-0.2, -0.15) is 0 Å². The Morgan fingerprint density at radius 3 is 2.64 bits per heavy atom. The molecule has 0 saturated carbocycles. The molecule has 5 nitrogen and oxygen atoms in total. The topological polar surface area (TPSA) is 64.2 Å². The van der Waals surface area contributed by atoms with Gasteiger partial charge >= 0.3 is 5.76 Å². The summed E-state index contributed by atoms with van der Waals surface area (Å²) in [7, 11) is 1.63. The van der Waals surface area contributed by atoms with Crippen LogP contribution in [0.15, 0.2) is 45.6 Å². The van der Waals surface area contributed by atoms with Crippen molar-refractivity contribution in [2.75, 3.05) is 5.32 Å². The van der Waals surface area contributed by atoms with Crippen LogP contribution in [0.4, 0.5) is 5.69 Å². The fourth-order valence-electron chi connectivity index (χ4n) is 2.42. The Balaban J connectivity index is 1.93. The number of rotatable bonds is 2. The van der Waals surface area contributed by atoms with Crippen molar-refractivity contribution in [2.24, 2.45) is 7.05 Å². The van der Waals surface area contributed by atoms with Gasteiger partial charge in [-0.1, -0.05) is 17.7 Å². The Hall–Kier alpha value is -2.82. The van der Waals surface area contributed by atoms with Crippen molar-refractivity contribution in [1.29, 1.82) is 0 Å². The number of anilines is 1. The normalized spacial score (nSPS) is 10.9. The molecular weight excluding hydrogens is 280 g/mol. The van der Waals surface area contributed by atoms with Crippen LogP contribution in [-0.4, -0.2) is 10.5 Å². The van der Waals surface area contributed by atoms with Crippen molar-refractivity contribution in [3.8, 4) is 0 Å². The fourth-order valence-corrected chi connectivity index (χ4v) is 2.42. The predicted octanol–water partition coefficient (Wildman–Crippen LogP) is 3.00. The summed E-state index contributed by atoms with van der Waals surface area (Å²) in [6.45, 7) is 3.95. The van der Waals surface area contributed by atoms with Gasteiger partial charge in [0.1, 0.15) is 0 Å². The van der Waals surface area contributed by atoms with E-state index in [0.717, 1.165) is 16.8 Å². The molecule has 1 N–H and O–H groups in total. The fraction of sp³-hybridized carbons (Fsp3) is 0.176. The Bertz CT molecular complexity index is 935. The summed E-state index contributed by atoms with van der Waals surface area (Å²) in [6.07, 6.45) is 0. The minimum absolute atomic E-state index is 0.236. The number of aromatic nitrogens is 1. The number of carbonyl (C=O) groups excluding carboxylic acids is 1. The Kier molecular flexibility index (Phi) is 3.33. The monoisotopic (exact) mass is 296 g/mol.